The lowest BCUT2D eigenvalue weighted by molar-refractivity contribution is 0.588. The number of aromatic nitrogens is 1. The van der Waals surface area contributed by atoms with Gasteiger partial charge in [0, 0.05) is 17.1 Å². The Morgan fingerprint density at radius 3 is 2.36 bits per heavy atom. The van der Waals surface area contributed by atoms with E-state index in [2.05, 4.69) is 0 Å². The molecule has 2 N–H and O–H groups in total. The quantitative estimate of drug-likeness (QED) is 0.807. The largest absolute Gasteiger partial charge is 0.324 e. The van der Waals surface area contributed by atoms with Crippen molar-refractivity contribution in [2.24, 2.45) is 5.73 Å². The molecule has 2 aromatic carbocycles. The van der Waals surface area contributed by atoms with Crippen molar-refractivity contribution in [3.8, 4) is 0 Å². The Morgan fingerprint density at radius 2 is 1.73 bits per heavy atom. The molecular weight excluding hydrogens is 296 g/mol. The molecule has 3 aromatic rings. The van der Waals surface area contributed by atoms with E-state index in [1.54, 1.807) is 37.3 Å². The summed E-state index contributed by atoms with van der Waals surface area (Å²) in [7, 11) is -3.60. The topological polar surface area (TPSA) is 65.1 Å². The minimum Gasteiger partial charge on any atom is -0.324 e. The normalized spacial score (nSPS) is 13.4. The molecule has 3 rings (SSSR count). The molecule has 0 aliphatic rings. The Hall–Kier alpha value is -2.11. The third-order valence-electron chi connectivity index (χ3n) is 3.76. The summed E-state index contributed by atoms with van der Waals surface area (Å²) in [4.78, 5) is 0.284. The molecule has 5 heteroatoms. The van der Waals surface area contributed by atoms with Crippen molar-refractivity contribution in [2.75, 3.05) is 0 Å². The smallest absolute Gasteiger partial charge is 0.268 e. The number of fused-ring (bicyclic) bond motifs is 1. The van der Waals surface area contributed by atoms with E-state index in [1.807, 2.05) is 31.2 Å². The van der Waals surface area contributed by atoms with Gasteiger partial charge in [-0.1, -0.05) is 24.3 Å². The van der Waals surface area contributed by atoms with Crippen LogP contribution in [0.3, 0.4) is 0 Å². The molecule has 0 aliphatic carbocycles. The van der Waals surface area contributed by atoms with E-state index in [0.717, 1.165) is 10.9 Å². The van der Waals surface area contributed by atoms with Gasteiger partial charge in [0.05, 0.1) is 10.4 Å². The average molecular weight is 314 g/mol. The maximum absolute atomic E-state index is 12.9. The highest BCUT2D eigenvalue weighted by molar-refractivity contribution is 7.90. The van der Waals surface area contributed by atoms with E-state index in [1.165, 1.54) is 3.97 Å². The van der Waals surface area contributed by atoms with E-state index >= 15 is 0 Å². The predicted molar refractivity (Wildman–Crippen MR) is 88.3 cm³/mol. The maximum Gasteiger partial charge on any atom is 0.268 e. The first-order valence-corrected chi connectivity index (χ1v) is 8.53. The second kappa shape index (κ2) is 5.26. The zero-order valence-electron chi connectivity index (χ0n) is 12.5. The van der Waals surface area contributed by atoms with Gasteiger partial charge in [0.2, 0.25) is 0 Å². The summed E-state index contributed by atoms with van der Waals surface area (Å²) in [6, 6.07) is 15.9. The summed E-state index contributed by atoms with van der Waals surface area (Å²) >= 11 is 0. The van der Waals surface area contributed by atoms with Crippen LogP contribution in [0.1, 0.15) is 24.2 Å². The summed E-state index contributed by atoms with van der Waals surface area (Å²) in [6.07, 6.45) is 0. The Balaban J connectivity index is 2.26. The van der Waals surface area contributed by atoms with Gasteiger partial charge in [0.1, 0.15) is 0 Å². The van der Waals surface area contributed by atoms with Gasteiger partial charge in [-0.25, -0.2) is 12.4 Å². The average Bonchev–Trinajstić information content (AvgIpc) is 2.83. The van der Waals surface area contributed by atoms with E-state index < -0.39 is 10.0 Å². The molecule has 0 amide bonds. The first kappa shape index (κ1) is 14.8. The molecule has 0 saturated heterocycles. The second-order valence-corrected chi connectivity index (χ2v) is 7.26. The highest BCUT2D eigenvalue weighted by Gasteiger charge is 2.21. The van der Waals surface area contributed by atoms with Crippen LogP contribution < -0.4 is 5.73 Å². The Bertz CT molecular complexity index is 926. The van der Waals surface area contributed by atoms with E-state index in [0.29, 0.717) is 11.2 Å². The van der Waals surface area contributed by atoms with Crippen molar-refractivity contribution in [3.05, 3.63) is 65.9 Å². The Labute approximate surface area is 130 Å². The summed E-state index contributed by atoms with van der Waals surface area (Å²) in [5, 5.41) is 0.881. The Morgan fingerprint density at radius 1 is 1.05 bits per heavy atom. The van der Waals surface area contributed by atoms with Crippen LogP contribution in [0.25, 0.3) is 10.9 Å². The lowest BCUT2D eigenvalue weighted by Crippen LogP contribution is -2.14. The third-order valence-corrected chi connectivity index (χ3v) is 5.60. The van der Waals surface area contributed by atoms with Gasteiger partial charge in [-0.15, -0.1) is 0 Å². The van der Waals surface area contributed by atoms with Gasteiger partial charge >= 0.3 is 0 Å². The lowest BCUT2D eigenvalue weighted by Gasteiger charge is -2.11. The molecule has 0 bridgehead atoms. The molecule has 0 spiro atoms. The number of nitrogens with two attached hydrogens (primary N) is 1. The standard InChI is InChI=1S/C17H18N2O2S/c1-12-10-15-11-14(13(2)18)8-9-17(15)19(12)22(20,21)16-6-4-3-5-7-16/h3-11,13H,18H2,1-2H3. The minimum absolute atomic E-state index is 0.0845. The van der Waals surface area contributed by atoms with Crippen LogP contribution in [0, 0.1) is 6.92 Å². The molecule has 114 valence electrons. The van der Waals surface area contributed by atoms with Crippen LogP contribution in [0.5, 0.6) is 0 Å². The zero-order valence-corrected chi connectivity index (χ0v) is 13.3. The molecule has 1 atom stereocenters. The molecule has 0 saturated carbocycles. The molecule has 0 fully saturated rings. The summed E-state index contributed by atoms with van der Waals surface area (Å²) in [5.41, 5.74) is 8.24. The molecule has 0 aliphatic heterocycles. The second-order valence-electron chi connectivity index (χ2n) is 5.48. The van der Waals surface area contributed by atoms with Gasteiger partial charge in [-0.05, 0) is 49.7 Å². The van der Waals surface area contributed by atoms with Gasteiger partial charge in [0.25, 0.3) is 10.0 Å². The molecule has 22 heavy (non-hydrogen) atoms. The fourth-order valence-corrected chi connectivity index (χ4v) is 4.22. The van der Waals surface area contributed by atoms with E-state index in [9.17, 15) is 8.42 Å². The highest BCUT2D eigenvalue weighted by Crippen LogP contribution is 2.27. The predicted octanol–water partition coefficient (Wildman–Crippen LogP) is 3.21. The lowest BCUT2D eigenvalue weighted by atomic mass is 10.1. The first-order valence-electron chi connectivity index (χ1n) is 7.09. The van der Waals surface area contributed by atoms with Crippen LogP contribution >= 0.6 is 0 Å². The van der Waals surface area contributed by atoms with Crippen molar-refractivity contribution in [1.29, 1.82) is 0 Å². The number of rotatable bonds is 3. The van der Waals surface area contributed by atoms with Gasteiger partial charge in [0.15, 0.2) is 0 Å². The monoisotopic (exact) mass is 314 g/mol. The van der Waals surface area contributed by atoms with Crippen molar-refractivity contribution in [2.45, 2.75) is 24.8 Å². The Kier molecular flexibility index (Phi) is 3.54. The van der Waals surface area contributed by atoms with Gasteiger partial charge < -0.3 is 5.73 Å². The number of hydrogen-bond acceptors (Lipinski definition) is 3. The number of nitrogens with zero attached hydrogens (tertiary/aromatic N) is 1. The van der Waals surface area contributed by atoms with Crippen LogP contribution in [-0.4, -0.2) is 12.4 Å². The fraction of sp³-hybridized carbons (Fsp3) is 0.176. The van der Waals surface area contributed by atoms with Crippen molar-refractivity contribution in [1.82, 2.24) is 3.97 Å². The number of hydrogen-bond donors (Lipinski definition) is 1. The summed E-state index contributed by atoms with van der Waals surface area (Å²) in [6.45, 7) is 3.71. The highest BCUT2D eigenvalue weighted by atomic mass is 32.2. The number of benzene rings is 2. The van der Waals surface area contributed by atoms with Crippen LogP contribution in [0.15, 0.2) is 59.5 Å². The molecule has 1 unspecified atom stereocenters. The van der Waals surface area contributed by atoms with Crippen LogP contribution in [-0.2, 0) is 10.0 Å². The van der Waals surface area contributed by atoms with Gasteiger partial charge in [-0.2, -0.15) is 0 Å². The SMILES string of the molecule is Cc1cc2cc(C(C)N)ccc2n1S(=O)(=O)c1ccccc1. The number of aryl methyl sites for hydroxylation is 1. The van der Waals surface area contributed by atoms with Crippen molar-refractivity contribution < 1.29 is 8.42 Å². The molecule has 4 nitrogen and oxygen atoms in total. The fourth-order valence-electron chi connectivity index (χ4n) is 2.65. The molecule has 1 aromatic heterocycles. The first-order chi connectivity index (χ1) is 10.4. The third kappa shape index (κ3) is 2.32. The minimum atomic E-state index is -3.60. The van der Waals surface area contributed by atoms with Crippen molar-refractivity contribution in [3.63, 3.8) is 0 Å². The van der Waals surface area contributed by atoms with Crippen LogP contribution in [0.4, 0.5) is 0 Å². The van der Waals surface area contributed by atoms with Gasteiger partial charge in [-0.3, -0.25) is 0 Å². The summed E-state index contributed by atoms with van der Waals surface area (Å²) in [5.74, 6) is 0. The van der Waals surface area contributed by atoms with Crippen LogP contribution in [0.2, 0.25) is 0 Å². The van der Waals surface area contributed by atoms with Crippen molar-refractivity contribution >= 4 is 20.9 Å². The zero-order chi connectivity index (χ0) is 15.9. The van der Waals surface area contributed by atoms with E-state index in [-0.39, 0.29) is 10.9 Å². The molecular formula is C17H18N2O2S. The molecule has 1 heterocycles. The van der Waals surface area contributed by atoms with E-state index in [4.69, 9.17) is 5.73 Å². The summed E-state index contributed by atoms with van der Waals surface area (Å²) < 4.78 is 27.2. The molecule has 0 radical (unpaired) electrons. The maximum atomic E-state index is 12.9.